The molecule has 1 aliphatic heterocycles. The van der Waals surface area contributed by atoms with Crippen LogP contribution in [0.5, 0.6) is 11.5 Å². The molecule has 4 heteroatoms. The van der Waals surface area contributed by atoms with E-state index in [9.17, 15) is 4.21 Å². The van der Waals surface area contributed by atoms with Crippen molar-refractivity contribution in [1.29, 1.82) is 0 Å². The number of rotatable bonds is 10. The summed E-state index contributed by atoms with van der Waals surface area (Å²) in [7, 11) is -0.743. The van der Waals surface area contributed by atoms with Crippen molar-refractivity contribution in [3.8, 4) is 11.5 Å². The second kappa shape index (κ2) is 12.8. The number of fused-ring (bicyclic) bond motifs is 1. The second-order valence-electron chi connectivity index (χ2n) is 6.30. The van der Waals surface area contributed by atoms with Crippen molar-refractivity contribution in [1.82, 2.24) is 0 Å². The zero-order valence-electron chi connectivity index (χ0n) is 15.7. The maximum absolute atomic E-state index is 12.3. The van der Waals surface area contributed by atoms with E-state index in [-0.39, 0.29) is 5.25 Å². The smallest absolute Gasteiger partial charge is 0.231 e. The van der Waals surface area contributed by atoms with Crippen LogP contribution in [0.4, 0.5) is 0 Å². The van der Waals surface area contributed by atoms with E-state index in [2.05, 4.69) is 32.7 Å². The largest absolute Gasteiger partial charge is 0.454 e. The summed E-state index contributed by atoms with van der Waals surface area (Å²) < 4.78 is 23.0. The summed E-state index contributed by atoms with van der Waals surface area (Å²) >= 11 is 0. The third-order valence-electron chi connectivity index (χ3n) is 4.11. The van der Waals surface area contributed by atoms with E-state index in [0.717, 1.165) is 30.1 Å². The molecule has 0 saturated heterocycles. The Morgan fingerprint density at radius 2 is 1.76 bits per heavy atom. The fourth-order valence-corrected chi connectivity index (χ4v) is 3.99. The number of unbranched alkanes of at least 4 members (excludes halogenated alkanes) is 5. The fourth-order valence-electron chi connectivity index (χ4n) is 2.72. The molecule has 25 heavy (non-hydrogen) atoms. The molecule has 0 amide bonds. The molecule has 2 atom stereocenters. The first-order valence-corrected chi connectivity index (χ1v) is 10.6. The highest BCUT2D eigenvalue weighted by Crippen LogP contribution is 2.33. The number of hydrogen-bond acceptors (Lipinski definition) is 3. The highest BCUT2D eigenvalue weighted by molar-refractivity contribution is 7.85. The Bertz CT molecular complexity index is 562. The van der Waals surface area contributed by atoms with Crippen LogP contribution < -0.4 is 9.47 Å². The lowest BCUT2D eigenvalue weighted by atomic mass is 10.1. The van der Waals surface area contributed by atoms with E-state index in [4.69, 9.17) is 9.47 Å². The molecular formula is C21H32O3S. The van der Waals surface area contributed by atoms with Crippen LogP contribution in [-0.2, 0) is 17.2 Å². The first-order chi connectivity index (χ1) is 12.1. The molecule has 3 nitrogen and oxygen atoms in total. The van der Waals surface area contributed by atoms with Crippen molar-refractivity contribution < 1.29 is 13.7 Å². The van der Waals surface area contributed by atoms with E-state index in [1.807, 2.05) is 18.2 Å². The molecule has 1 heterocycles. The average molecular weight is 365 g/mol. The van der Waals surface area contributed by atoms with Crippen LogP contribution in [0, 0.1) is 0 Å². The summed E-state index contributed by atoms with van der Waals surface area (Å²) in [6.07, 6.45) is 8.32. The SMILES string of the molecule is C=C=C.CCCCCCCCS(=O)C(C)Cc1ccc2c(c1)OCO2. The Morgan fingerprint density at radius 1 is 1.12 bits per heavy atom. The summed E-state index contributed by atoms with van der Waals surface area (Å²) in [6.45, 7) is 10.9. The molecule has 0 bridgehead atoms. The molecule has 1 aromatic carbocycles. The van der Waals surface area contributed by atoms with Crippen LogP contribution in [0.3, 0.4) is 0 Å². The highest BCUT2D eigenvalue weighted by Gasteiger charge is 2.16. The van der Waals surface area contributed by atoms with Gasteiger partial charge in [-0.1, -0.05) is 65.2 Å². The zero-order chi connectivity index (χ0) is 18.5. The van der Waals surface area contributed by atoms with Gasteiger partial charge in [0.05, 0.1) is 0 Å². The molecule has 0 saturated carbocycles. The van der Waals surface area contributed by atoms with Gasteiger partial charge < -0.3 is 9.47 Å². The third kappa shape index (κ3) is 8.42. The van der Waals surface area contributed by atoms with Crippen LogP contribution in [0.2, 0.25) is 0 Å². The van der Waals surface area contributed by atoms with Crippen LogP contribution in [0.15, 0.2) is 37.1 Å². The van der Waals surface area contributed by atoms with Crippen molar-refractivity contribution in [2.75, 3.05) is 12.5 Å². The lowest BCUT2D eigenvalue weighted by Crippen LogP contribution is -2.16. The standard InChI is InChI=1S/C18H28O3S.C3H4/c1-3-4-5-6-7-8-11-22(19)15(2)12-16-9-10-17-18(13-16)21-14-20-17;1-3-2/h9-10,13,15H,3-8,11-12,14H2,1-2H3;1-2H2. The molecule has 0 N–H and O–H groups in total. The maximum atomic E-state index is 12.3. The van der Waals surface area contributed by atoms with E-state index < -0.39 is 10.8 Å². The Morgan fingerprint density at radius 3 is 2.48 bits per heavy atom. The first kappa shape index (κ1) is 21.5. The third-order valence-corrected chi connectivity index (χ3v) is 5.86. The predicted octanol–water partition coefficient (Wildman–Crippen LogP) is 5.41. The minimum absolute atomic E-state index is 0.191. The highest BCUT2D eigenvalue weighted by atomic mass is 32.2. The minimum atomic E-state index is -0.743. The summed E-state index contributed by atoms with van der Waals surface area (Å²) in [5.74, 6) is 2.45. The van der Waals surface area contributed by atoms with E-state index >= 15 is 0 Å². The first-order valence-electron chi connectivity index (χ1n) is 9.17. The van der Waals surface area contributed by atoms with Gasteiger partial charge in [-0.05, 0) is 30.5 Å². The van der Waals surface area contributed by atoms with Gasteiger partial charge in [0.2, 0.25) is 6.79 Å². The van der Waals surface area contributed by atoms with Gasteiger partial charge >= 0.3 is 0 Å². The monoisotopic (exact) mass is 364 g/mol. The van der Waals surface area contributed by atoms with E-state index in [0.29, 0.717) is 6.79 Å². The predicted molar refractivity (Wildman–Crippen MR) is 107 cm³/mol. The lowest BCUT2D eigenvalue weighted by Gasteiger charge is -2.12. The quantitative estimate of drug-likeness (QED) is 0.411. The van der Waals surface area contributed by atoms with Gasteiger partial charge in [0.1, 0.15) is 0 Å². The van der Waals surface area contributed by atoms with Crippen LogP contribution in [-0.4, -0.2) is 22.0 Å². The van der Waals surface area contributed by atoms with Crippen LogP contribution in [0.25, 0.3) is 0 Å². The van der Waals surface area contributed by atoms with Gasteiger partial charge in [0.15, 0.2) is 11.5 Å². The van der Waals surface area contributed by atoms with Crippen molar-refractivity contribution in [2.45, 2.75) is 64.0 Å². The van der Waals surface area contributed by atoms with Crippen molar-refractivity contribution in [3.63, 3.8) is 0 Å². The lowest BCUT2D eigenvalue weighted by molar-refractivity contribution is 0.174. The summed E-state index contributed by atoms with van der Waals surface area (Å²) in [6, 6.07) is 6.01. The molecule has 0 fully saturated rings. The normalized spacial score (nSPS) is 14.2. The van der Waals surface area contributed by atoms with Crippen molar-refractivity contribution in [3.05, 3.63) is 42.7 Å². The molecule has 2 unspecified atom stereocenters. The Kier molecular flexibility index (Phi) is 11.0. The van der Waals surface area contributed by atoms with Gasteiger partial charge in [-0.25, -0.2) is 0 Å². The molecule has 1 aromatic rings. The summed E-state index contributed by atoms with van der Waals surface area (Å²) in [4.78, 5) is 0. The molecule has 2 rings (SSSR count). The topological polar surface area (TPSA) is 35.5 Å². The van der Waals surface area contributed by atoms with Gasteiger partial charge in [-0.2, -0.15) is 0 Å². The van der Waals surface area contributed by atoms with Gasteiger partial charge in [-0.3, -0.25) is 4.21 Å². The molecular weight excluding hydrogens is 332 g/mol. The molecule has 0 radical (unpaired) electrons. The molecule has 1 aliphatic rings. The number of ether oxygens (including phenoxy) is 2. The number of hydrogen-bond donors (Lipinski definition) is 0. The van der Waals surface area contributed by atoms with Crippen molar-refractivity contribution in [2.24, 2.45) is 0 Å². The van der Waals surface area contributed by atoms with E-state index in [1.165, 1.54) is 37.7 Å². The van der Waals surface area contributed by atoms with Gasteiger partial charge in [0.25, 0.3) is 0 Å². The molecule has 140 valence electrons. The zero-order valence-corrected chi connectivity index (χ0v) is 16.5. The Labute approximate surface area is 155 Å². The van der Waals surface area contributed by atoms with Crippen LogP contribution >= 0.6 is 0 Å². The van der Waals surface area contributed by atoms with Crippen molar-refractivity contribution >= 4 is 10.8 Å². The van der Waals surface area contributed by atoms with Gasteiger partial charge in [-0.15, -0.1) is 5.73 Å². The average Bonchev–Trinajstić information content (AvgIpc) is 3.06. The molecule has 0 aliphatic carbocycles. The molecule has 0 aromatic heterocycles. The summed E-state index contributed by atoms with van der Waals surface area (Å²) in [5.41, 5.74) is 3.42. The second-order valence-corrected chi connectivity index (χ2v) is 8.28. The number of benzene rings is 1. The Balaban J connectivity index is 0.000000970. The van der Waals surface area contributed by atoms with Gasteiger partial charge in [0, 0.05) is 21.8 Å². The molecule has 0 spiro atoms. The summed E-state index contributed by atoms with van der Waals surface area (Å²) in [5, 5.41) is 0.191. The van der Waals surface area contributed by atoms with Crippen LogP contribution in [0.1, 0.15) is 57.9 Å². The maximum Gasteiger partial charge on any atom is 0.231 e. The van der Waals surface area contributed by atoms with E-state index in [1.54, 1.807) is 0 Å². The Hall–Kier alpha value is -1.51. The minimum Gasteiger partial charge on any atom is -0.454 e. The fraction of sp³-hybridized carbons (Fsp3) is 0.571.